The van der Waals surface area contributed by atoms with Crippen molar-refractivity contribution in [2.24, 2.45) is 5.92 Å². The summed E-state index contributed by atoms with van der Waals surface area (Å²) in [5, 5.41) is 10.5. The summed E-state index contributed by atoms with van der Waals surface area (Å²) in [5.74, 6) is -0.310. The Kier molecular flexibility index (Phi) is 8.74. The highest BCUT2D eigenvalue weighted by atomic mass is 16.6. The van der Waals surface area contributed by atoms with Crippen molar-refractivity contribution in [2.45, 2.75) is 59.6 Å². The maximum absolute atomic E-state index is 11.8. The maximum Gasteiger partial charge on any atom is 0.407 e. The summed E-state index contributed by atoms with van der Waals surface area (Å²) >= 11 is 0. The van der Waals surface area contributed by atoms with Crippen molar-refractivity contribution in [3.63, 3.8) is 0 Å². The summed E-state index contributed by atoms with van der Waals surface area (Å²) in [7, 11) is 0. The molecule has 0 heterocycles. The van der Waals surface area contributed by atoms with Crippen LogP contribution in [0.5, 0.6) is 0 Å². The number of urea groups is 1. The number of rotatable bonds is 7. The van der Waals surface area contributed by atoms with E-state index >= 15 is 0 Å². The third-order valence-electron chi connectivity index (χ3n) is 3.52. The molecule has 24 heavy (non-hydrogen) atoms. The van der Waals surface area contributed by atoms with Gasteiger partial charge in [0.1, 0.15) is 5.60 Å². The number of carbonyl (C=O) groups is 3. The molecule has 8 nitrogen and oxygen atoms in total. The summed E-state index contributed by atoms with van der Waals surface area (Å²) in [6.45, 7) is 13.7. The summed E-state index contributed by atoms with van der Waals surface area (Å²) in [6, 6.07) is -0.526. The van der Waals surface area contributed by atoms with E-state index in [0.717, 1.165) is 0 Å². The molecule has 0 spiro atoms. The zero-order valence-electron chi connectivity index (χ0n) is 15.8. The highest BCUT2D eigenvalue weighted by Crippen LogP contribution is 2.15. The van der Waals surface area contributed by atoms with Crippen molar-refractivity contribution < 1.29 is 19.1 Å². The fourth-order valence-corrected chi connectivity index (χ4v) is 1.70. The monoisotopic (exact) mass is 344 g/mol. The first-order valence-corrected chi connectivity index (χ1v) is 8.19. The molecule has 4 N–H and O–H groups in total. The summed E-state index contributed by atoms with van der Waals surface area (Å²) < 4.78 is 5.21. The first-order valence-electron chi connectivity index (χ1n) is 8.19. The van der Waals surface area contributed by atoms with Crippen LogP contribution in [0, 0.1) is 5.92 Å². The van der Waals surface area contributed by atoms with Crippen LogP contribution < -0.4 is 21.3 Å². The van der Waals surface area contributed by atoms with Gasteiger partial charge in [0.2, 0.25) is 5.91 Å². The molecule has 0 bridgehead atoms. The van der Waals surface area contributed by atoms with Gasteiger partial charge in [-0.05, 0) is 40.5 Å². The molecule has 140 valence electrons. The number of nitrogens with one attached hydrogen (secondary N) is 4. The van der Waals surface area contributed by atoms with Gasteiger partial charge in [0, 0.05) is 18.6 Å². The molecule has 0 aromatic heterocycles. The van der Waals surface area contributed by atoms with Crippen molar-refractivity contribution in [1.82, 2.24) is 21.3 Å². The number of hydrogen-bond donors (Lipinski definition) is 4. The van der Waals surface area contributed by atoms with E-state index in [4.69, 9.17) is 4.74 Å². The van der Waals surface area contributed by atoms with Crippen molar-refractivity contribution >= 4 is 18.0 Å². The van der Waals surface area contributed by atoms with Gasteiger partial charge in [0.25, 0.3) is 0 Å². The van der Waals surface area contributed by atoms with Gasteiger partial charge in [0.05, 0.1) is 6.54 Å². The van der Waals surface area contributed by atoms with Crippen molar-refractivity contribution in [1.29, 1.82) is 0 Å². The molecule has 0 aliphatic carbocycles. The van der Waals surface area contributed by atoms with Crippen LogP contribution >= 0.6 is 0 Å². The molecular weight excluding hydrogens is 312 g/mol. The molecule has 0 saturated heterocycles. The molecule has 0 unspecified atom stereocenters. The second-order valence-electron chi connectivity index (χ2n) is 7.19. The average Bonchev–Trinajstić information content (AvgIpc) is 2.41. The van der Waals surface area contributed by atoms with Gasteiger partial charge in [-0.25, -0.2) is 9.59 Å². The number of carbonyl (C=O) groups excluding carboxylic acids is 3. The smallest absolute Gasteiger partial charge is 0.407 e. The first-order chi connectivity index (χ1) is 10.9. The van der Waals surface area contributed by atoms with Crippen LogP contribution in [0.15, 0.2) is 0 Å². The van der Waals surface area contributed by atoms with Gasteiger partial charge in [-0.3, -0.25) is 10.1 Å². The van der Waals surface area contributed by atoms with Crippen LogP contribution in [0.4, 0.5) is 9.59 Å². The van der Waals surface area contributed by atoms with Crippen LogP contribution in [-0.4, -0.2) is 48.8 Å². The first kappa shape index (κ1) is 22.2. The van der Waals surface area contributed by atoms with E-state index in [-0.39, 0.29) is 19.0 Å². The molecule has 4 amide bonds. The van der Waals surface area contributed by atoms with Crippen LogP contribution in [0.2, 0.25) is 0 Å². The minimum atomic E-state index is -0.571. The highest BCUT2D eigenvalue weighted by molar-refractivity contribution is 5.95. The SMILES string of the molecule is CCNC(=O)NC(=O)CN[C@@](C)(CNC(=O)OC(C)(C)C)C(C)C. The van der Waals surface area contributed by atoms with Gasteiger partial charge in [-0.15, -0.1) is 0 Å². The standard InChI is InChI=1S/C16H32N4O4/c1-8-17-13(22)20-12(21)9-19-16(7,11(2)3)10-18-14(23)24-15(4,5)6/h11,19H,8-10H2,1-7H3,(H,18,23)(H2,17,20,21,22)/t16-/m0/s1. The normalized spacial score (nSPS) is 13.8. The molecule has 0 aliphatic heterocycles. The Hall–Kier alpha value is -1.83. The third-order valence-corrected chi connectivity index (χ3v) is 3.52. The number of ether oxygens (including phenoxy) is 1. The lowest BCUT2D eigenvalue weighted by atomic mass is 9.88. The summed E-state index contributed by atoms with van der Waals surface area (Å²) in [5.41, 5.74) is -1.10. The maximum atomic E-state index is 11.8. The summed E-state index contributed by atoms with van der Waals surface area (Å²) in [6.07, 6.45) is -0.511. The fraction of sp³-hybridized carbons (Fsp3) is 0.812. The minimum absolute atomic E-state index is 0.0399. The predicted molar refractivity (Wildman–Crippen MR) is 92.7 cm³/mol. The Morgan fingerprint density at radius 3 is 2.08 bits per heavy atom. The van der Waals surface area contributed by atoms with Crippen LogP contribution in [-0.2, 0) is 9.53 Å². The van der Waals surface area contributed by atoms with Crippen LogP contribution in [0.1, 0.15) is 48.5 Å². The fourth-order valence-electron chi connectivity index (χ4n) is 1.70. The number of hydrogen-bond acceptors (Lipinski definition) is 5. The zero-order chi connectivity index (χ0) is 19.0. The minimum Gasteiger partial charge on any atom is -0.444 e. The van der Waals surface area contributed by atoms with E-state index in [1.54, 1.807) is 27.7 Å². The topological polar surface area (TPSA) is 109 Å². The Morgan fingerprint density at radius 2 is 1.62 bits per heavy atom. The largest absolute Gasteiger partial charge is 0.444 e. The lowest BCUT2D eigenvalue weighted by molar-refractivity contribution is -0.119. The Labute approximate surface area is 144 Å². The van der Waals surface area contributed by atoms with E-state index in [2.05, 4.69) is 21.3 Å². The average molecular weight is 344 g/mol. The van der Waals surface area contributed by atoms with E-state index < -0.39 is 29.2 Å². The Balaban J connectivity index is 4.53. The van der Waals surface area contributed by atoms with Gasteiger partial charge >= 0.3 is 12.1 Å². The molecule has 0 aromatic rings. The Morgan fingerprint density at radius 1 is 1.04 bits per heavy atom. The number of imide groups is 1. The quantitative estimate of drug-likeness (QED) is 0.558. The number of alkyl carbamates (subject to hydrolysis) is 1. The molecule has 0 saturated carbocycles. The van der Waals surface area contributed by atoms with Crippen LogP contribution in [0.25, 0.3) is 0 Å². The van der Waals surface area contributed by atoms with Crippen molar-refractivity contribution in [3.05, 3.63) is 0 Å². The molecule has 0 aliphatic rings. The van der Waals surface area contributed by atoms with Gasteiger partial charge in [-0.1, -0.05) is 13.8 Å². The van der Waals surface area contributed by atoms with E-state index in [1.807, 2.05) is 20.8 Å². The van der Waals surface area contributed by atoms with E-state index in [9.17, 15) is 14.4 Å². The van der Waals surface area contributed by atoms with Gasteiger partial charge in [0.15, 0.2) is 0 Å². The molecule has 0 radical (unpaired) electrons. The summed E-state index contributed by atoms with van der Waals surface area (Å²) in [4.78, 5) is 34.9. The van der Waals surface area contributed by atoms with Gasteiger partial charge < -0.3 is 20.7 Å². The highest BCUT2D eigenvalue weighted by Gasteiger charge is 2.30. The van der Waals surface area contributed by atoms with E-state index in [0.29, 0.717) is 6.54 Å². The van der Waals surface area contributed by atoms with E-state index in [1.165, 1.54) is 0 Å². The molecule has 0 fully saturated rings. The molecule has 8 heteroatoms. The second kappa shape index (κ2) is 9.46. The number of amides is 4. The molecule has 1 atom stereocenters. The Bertz CT molecular complexity index is 446. The van der Waals surface area contributed by atoms with Gasteiger partial charge in [-0.2, -0.15) is 0 Å². The second-order valence-corrected chi connectivity index (χ2v) is 7.19. The molecule has 0 rings (SSSR count). The van der Waals surface area contributed by atoms with Crippen LogP contribution in [0.3, 0.4) is 0 Å². The van der Waals surface area contributed by atoms with Crippen molar-refractivity contribution in [3.8, 4) is 0 Å². The molecular formula is C16H32N4O4. The lowest BCUT2D eigenvalue weighted by Crippen LogP contribution is -2.57. The lowest BCUT2D eigenvalue weighted by Gasteiger charge is -2.35. The molecule has 0 aromatic carbocycles. The third kappa shape index (κ3) is 9.34. The van der Waals surface area contributed by atoms with Crippen molar-refractivity contribution in [2.75, 3.05) is 19.6 Å². The zero-order valence-corrected chi connectivity index (χ0v) is 15.8. The predicted octanol–water partition coefficient (Wildman–Crippen LogP) is 1.36.